The van der Waals surface area contributed by atoms with E-state index in [1.807, 2.05) is 0 Å². The highest BCUT2D eigenvalue weighted by molar-refractivity contribution is 5.68. The molecule has 28 heavy (non-hydrogen) atoms. The van der Waals surface area contributed by atoms with Crippen LogP contribution in [0.1, 0.15) is 42.9 Å². The van der Waals surface area contributed by atoms with Crippen molar-refractivity contribution in [1.82, 2.24) is 0 Å². The van der Waals surface area contributed by atoms with Gasteiger partial charge in [-0.25, -0.2) is 0 Å². The molecule has 0 spiro atoms. The highest BCUT2D eigenvalue weighted by Crippen LogP contribution is 2.54. The van der Waals surface area contributed by atoms with E-state index in [0.717, 1.165) is 5.56 Å². The second-order valence-corrected chi connectivity index (χ2v) is 6.55. The highest BCUT2D eigenvalue weighted by Gasteiger charge is 2.30. The van der Waals surface area contributed by atoms with E-state index in [1.165, 1.54) is 0 Å². The van der Waals surface area contributed by atoms with Gasteiger partial charge in [-0.1, -0.05) is 18.2 Å². The number of rotatable bonds is 8. The maximum absolute atomic E-state index is 10.2. The van der Waals surface area contributed by atoms with Crippen LogP contribution >= 0.6 is 0 Å². The van der Waals surface area contributed by atoms with E-state index < -0.39 is 40.8 Å². The van der Waals surface area contributed by atoms with Crippen molar-refractivity contribution in [2.75, 3.05) is 0 Å². The van der Waals surface area contributed by atoms with Gasteiger partial charge >= 0.3 is 0 Å². The quantitative estimate of drug-likeness (QED) is 0.143. The number of hydrogen-bond donors (Lipinski definition) is 8. The summed E-state index contributed by atoms with van der Waals surface area (Å²) in [5.74, 6) is -7.20. The van der Waals surface area contributed by atoms with Crippen LogP contribution in [0.2, 0.25) is 0 Å². The average molecular weight is 396 g/mol. The zero-order chi connectivity index (χ0) is 21.1. The molecule has 0 bridgehead atoms. The number of unbranched alkanes of at least 4 members (excludes halogenated alkanes) is 1. The van der Waals surface area contributed by atoms with E-state index in [4.69, 9.17) is 20.1 Å². The molecule has 8 N–H and O–H groups in total. The number of phenolic OH excluding ortho intramolecular Hbond substituents is 5. The van der Waals surface area contributed by atoms with Gasteiger partial charge in [0.25, 0.3) is 5.97 Å². The van der Waals surface area contributed by atoms with E-state index in [9.17, 15) is 25.5 Å². The van der Waals surface area contributed by atoms with Crippen molar-refractivity contribution in [2.24, 2.45) is 0 Å². The summed E-state index contributed by atoms with van der Waals surface area (Å²) in [5, 5.41) is 76.5. The number of ether oxygens (including phenoxy) is 1. The van der Waals surface area contributed by atoms with E-state index in [-0.39, 0.29) is 31.2 Å². The van der Waals surface area contributed by atoms with Crippen molar-refractivity contribution in [1.29, 1.82) is 0 Å². The van der Waals surface area contributed by atoms with Gasteiger partial charge in [0, 0.05) is 6.42 Å². The van der Waals surface area contributed by atoms with Crippen LogP contribution < -0.4 is 4.74 Å². The van der Waals surface area contributed by atoms with Crippen LogP contribution in [0.5, 0.6) is 34.5 Å². The molecule has 154 valence electrons. The Morgan fingerprint density at radius 1 is 0.821 bits per heavy atom. The third kappa shape index (κ3) is 4.89. The van der Waals surface area contributed by atoms with E-state index in [2.05, 4.69) is 0 Å². The van der Waals surface area contributed by atoms with Crippen molar-refractivity contribution in [3.05, 3.63) is 35.4 Å². The molecule has 0 aliphatic heterocycles. The minimum atomic E-state index is -2.81. The van der Waals surface area contributed by atoms with Gasteiger partial charge in [-0.15, -0.1) is 0 Å². The molecule has 0 aliphatic rings. The SMILES string of the molecule is Cc1ccccc1OC(CCCCC(O)(O)O)c1c(O)c(O)c(O)c(O)c1O. The van der Waals surface area contributed by atoms with Crippen LogP contribution in [0, 0.1) is 6.92 Å². The molecular formula is C19H24O9. The van der Waals surface area contributed by atoms with Crippen molar-refractivity contribution in [2.45, 2.75) is 44.7 Å². The molecule has 1 unspecified atom stereocenters. The molecule has 0 radical (unpaired) electrons. The molecule has 2 rings (SSSR count). The number of aromatic hydroxyl groups is 5. The zero-order valence-corrected chi connectivity index (χ0v) is 15.2. The van der Waals surface area contributed by atoms with Crippen LogP contribution in [0.15, 0.2) is 24.3 Å². The van der Waals surface area contributed by atoms with Crippen LogP contribution in [-0.2, 0) is 0 Å². The molecular weight excluding hydrogens is 372 g/mol. The van der Waals surface area contributed by atoms with Crippen molar-refractivity contribution in [3.63, 3.8) is 0 Å². The molecule has 1 atom stereocenters. The molecule has 0 saturated carbocycles. The zero-order valence-electron chi connectivity index (χ0n) is 15.2. The normalized spacial score (nSPS) is 12.7. The Hall–Kier alpha value is -2.88. The fourth-order valence-corrected chi connectivity index (χ4v) is 2.80. The first-order valence-electron chi connectivity index (χ1n) is 8.61. The fourth-order valence-electron chi connectivity index (χ4n) is 2.80. The Balaban J connectivity index is 2.37. The molecule has 2 aromatic rings. The highest BCUT2D eigenvalue weighted by atomic mass is 16.7. The monoisotopic (exact) mass is 396 g/mol. The first kappa shape index (κ1) is 21.4. The second kappa shape index (κ2) is 8.42. The van der Waals surface area contributed by atoms with Gasteiger partial charge in [-0.3, -0.25) is 0 Å². The minimum Gasteiger partial charge on any atom is -0.504 e. The number of para-hydroxylation sites is 1. The average Bonchev–Trinajstić information content (AvgIpc) is 2.62. The maximum Gasteiger partial charge on any atom is 0.275 e. The van der Waals surface area contributed by atoms with Crippen molar-refractivity contribution >= 4 is 0 Å². The van der Waals surface area contributed by atoms with Crippen LogP contribution in [-0.4, -0.2) is 46.8 Å². The summed E-state index contributed by atoms with van der Waals surface area (Å²) >= 11 is 0. The molecule has 0 aliphatic carbocycles. The smallest absolute Gasteiger partial charge is 0.275 e. The Kier molecular flexibility index (Phi) is 6.45. The third-order valence-electron chi connectivity index (χ3n) is 4.32. The molecule has 0 amide bonds. The molecule has 0 heterocycles. The van der Waals surface area contributed by atoms with Gasteiger partial charge in [0.15, 0.2) is 11.5 Å². The second-order valence-electron chi connectivity index (χ2n) is 6.55. The maximum atomic E-state index is 10.2. The number of benzene rings is 2. The summed E-state index contributed by atoms with van der Waals surface area (Å²) in [5.41, 5.74) is 0.415. The lowest BCUT2D eigenvalue weighted by atomic mass is 9.98. The standard InChI is InChI=1S/C19H24O9/c1-10-6-2-3-7-11(10)28-12(8-4-5-9-19(25,26)27)13-14(20)16(22)18(24)17(23)15(13)21/h2-3,6-7,12,20-27H,4-5,8-9H2,1H3. The summed E-state index contributed by atoms with van der Waals surface area (Å²) in [6.07, 6.45) is -0.872. The minimum absolute atomic E-state index is 0.106. The van der Waals surface area contributed by atoms with Gasteiger partial charge in [-0.2, -0.15) is 0 Å². The number of phenols is 5. The largest absolute Gasteiger partial charge is 0.504 e. The summed E-state index contributed by atoms with van der Waals surface area (Å²) in [7, 11) is 0. The molecule has 9 nitrogen and oxygen atoms in total. The number of aryl methyl sites for hydroxylation is 1. The molecule has 9 heteroatoms. The molecule has 2 aromatic carbocycles. The Morgan fingerprint density at radius 3 is 1.89 bits per heavy atom. The van der Waals surface area contributed by atoms with Crippen molar-refractivity contribution < 1.29 is 45.6 Å². The van der Waals surface area contributed by atoms with E-state index in [1.54, 1.807) is 31.2 Å². The van der Waals surface area contributed by atoms with Crippen LogP contribution in [0.4, 0.5) is 0 Å². The lowest BCUT2D eigenvalue weighted by Crippen LogP contribution is -2.26. The lowest BCUT2D eigenvalue weighted by molar-refractivity contribution is -0.315. The first-order chi connectivity index (χ1) is 13.0. The van der Waals surface area contributed by atoms with Gasteiger partial charge < -0.3 is 45.6 Å². The molecule has 0 aromatic heterocycles. The summed E-state index contributed by atoms with van der Waals surface area (Å²) in [6, 6.07) is 6.92. The van der Waals surface area contributed by atoms with Gasteiger partial charge in [-0.05, 0) is 37.8 Å². The van der Waals surface area contributed by atoms with E-state index in [0.29, 0.717) is 5.75 Å². The van der Waals surface area contributed by atoms with Crippen molar-refractivity contribution in [3.8, 4) is 34.5 Å². The topological polar surface area (TPSA) is 171 Å². The van der Waals surface area contributed by atoms with Crippen LogP contribution in [0.3, 0.4) is 0 Å². The van der Waals surface area contributed by atoms with Gasteiger partial charge in [0.2, 0.25) is 17.2 Å². The van der Waals surface area contributed by atoms with Gasteiger partial charge in [0.05, 0.1) is 5.56 Å². The summed E-state index contributed by atoms with van der Waals surface area (Å²) in [4.78, 5) is 0. The first-order valence-corrected chi connectivity index (χ1v) is 8.61. The number of hydrogen-bond acceptors (Lipinski definition) is 9. The fraction of sp³-hybridized carbons (Fsp3) is 0.368. The molecule has 0 saturated heterocycles. The van der Waals surface area contributed by atoms with Crippen LogP contribution in [0.25, 0.3) is 0 Å². The Morgan fingerprint density at radius 2 is 1.36 bits per heavy atom. The predicted octanol–water partition coefficient (Wildman–Crippen LogP) is 1.83. The van der Waals surface area contributed by atoms with E-state index >= 15 is 0 Å². The van der Waals surface area contributed by atoms with Gasteiger partial charge in [0.1, 0.15) is 11.9 Å². The lowest BCUT2D eigenvalue weighted by Gasteiger charge is -2.24. The molecule has 0 fully saturated rings. The summed E-state index contributed by atoms with van der Waals surface area (Å²) < 4.78 is 5.86. The Labute approximate surface area is 161 Å². The third-order valence-corrected chi connectivity index (χ3v) is 4.32. The number of aliphatic hydroxyl groups is 3. The Bertz CT molecular complexity index is 798. The summed E-state index contributed by atoms with van der Waals surface area (Å²) in [6.45, 7) is 1.77. The predicted molar refractivity (Wildman–Crippen MR) is 97.2 cm³/mol.